The molecule has 0 fully saturated rings. The first kappa shape index (κ1) is 15.0. The van der Waals surface area contributed by atoms with Crippen LogP contribution in [0, 0.1) is 0 Å². The summed E-state index contributed by atoms with van der Waals surface area (Å²) in [5, 5.41) is 1.91. The molecule has 1 aromatic heterocycles. The highest BCUT2D eigenvalue weighted by Gasteiger charge is 2.13. The molecule has 2 aromatic rings. The molecule has 7 heteroatoms. The Morgan fingerprint density at radius 1 is 1.20 bits per heavy atom. The maximum Gasteiger partial charge on any atom is 0.240 e. The van der Waals surface area contributed by atoms with Gasteiger partial charge in [-0.2, -0.15) is 0 Å². The van der Waals surface area contributed by atoms with E-state index in [2.05, 4.69) is 4.72 Å². The van der Waals surface area contributed by atoms with Crippen LogP contribution in [0.2, 0.25) is 0 Å². The lowest BCUT2D eigenvalue weighted by Crippen LogP contribution is -2.22. The van der Waals surface area contributed by atoms with E-state index in [1.54, 1.807) is 12.1 Å². The van der Waals surface area contributed by atoms with Crippen LogP contribution in [0.25, 0.3) is 0 Å². The van der Waals surface area contributed by atoms with Crippen LogP contribution in [-0.4, -0.2) is 21.6 Å². The van der Waals surface area contributed by atoms with Gasteiger partial charge in [-0.1, -0.05) is 6.07 Å². The maximum atomic E-state index is 12.1. The highest BCUT2D eigenvalue weighted by molar-refractivity contribution is 7.89. The number of hydrogen-bond donors (Lipinski definition) is 2. The number of sulfonamides is 1. The molecule has 108 valence electrons. The molecule has 0 radical (unpaired) electrons. The number of nitrogens with two attached hydrogens (primary N) is 1. The molecule has 5 nitrogen and oxygen atoms in total. The van der Waals surface area contributed by atoms with Crippen LogP contribution in [0.15, 0.2) is 46.7 Å². The van der Waals surface area contributed by atoms with Crippen molar-refractivity contribution in [2.24, 2.45) is 5.73 Å². The van der Waals surface area contributed by atoms with E-state index in [1.807, 2.05) is 17.5 Å². The average Bonchev–Trinajstić information content (AvgIpc) is 2.97. The van der Waals surface area contributed by atoms with Crippen LogP contribution in [0.4, 0.5) is 0 Å². The summed E-state index contributed by atoms with van der Waals surface area (Å²) in [5.41, 5.74) is 5.33. The molecule has 0 spiro atoms. The zero-order chi connectivity index (χ0) is 14.4. The standard InChI is InChI=1S/C13H16N2O3S2/c14-7-8-18-11-3-5-13(6-4-11)20(16,17)15-10-12-2-1-9-19-12/h1-6,9,15H,7-8,10,14H2. The quantitative estimate of drug-likeness (QED) is 0.813. The molecule has 1 aromatic carbocycles. The van der Waals surface area contributed by atoms with Gasteiger partial charge in [-0.25, -0.2) is 13.1 Å². The highest BCUT2D eigenvalue weighted by Crippen LogP contribution is 2.16. The van der Waals surface area contributed by atoms with Gasteiger partial charge in [0.2, 0.25) is 10.0 Å². The fourth-order valence-corrected chi connectivity index (χ4v) is 3.30. The molecule has 0 aliphatic heterocycles. The molecule has 0 amide bonds. The number of thiophene rings is 1. The second kappa shape index (κ2) is 6.85. The van der Waals surface area contributed by atoms with Gasteiger partial charge in [-0.3, -0.25) is 0 Å². The largest absolute Gasteiger partial charge is 0.492 e. The van der Waals surface area contributed by atoms with Crippen LogP contribution in [0.3, 0.4) is 0 Å². The van der Waals surface area contributed by atoms with Crippen molar-refractivity contribution in [1.82, 2.24) is 4.72 Å². The van der Waals surface area contributed by atoms with Gasteiger partial charge < -0.3 is 10.5 Å². The number of hydrogen-bond acceptors (Lipinski definition) is 5. The smallest absolute Gasteiger partial charge is 0.240 e. The van der Waals surface area contributed by atoms with Crippen molar-refractivity contribution in [3.05, 3.63) is 46.7 Å². The van der Waals surface area contributed by atoms with Crippen LogP contribution < -0.4 is 15.2 Å². The van der Waals surface area contributed by atoms with E-state index in [0.717, 1.165) is 4.88 Å². The first-order valence-corrected chi connectivity index (χ1v) is 8.43. The summed E-state index contributed by atoms with van der Waals surface area (Å²) in [5.74, 6) is 0.604. The first-order chi connectivity index (χ1) is 9.62. The molecule has 0 unspecified atom stereocenters. The Hall–Kier alpha value is -1.41. The van der Waals surface area contributed by atoms with E-state index in [-0.39, 0.29) is 4.90 Å². The van der Waals surface area contributed by atoms with E-state index in [4.69, 9.17) is 10.5 Å². The summed E-state index contributed by atoms with van der Waals surface area (Å²) >= 11 is 1.51. The summed E-state index contributed by atoms with van der Waals surface area (Å²) in [6.45, 7) is 1.12. The van der Waals surface area contributed by atoms with E-state index in [0.29, 0.717) is 25.4 Å². The highest BCUT2D eigenvalue weighted by atomic mass is 32.2. The van der Waals surface area contributed by atoms with Gasteiger partial charge in [-0.05, 0) is 35.7 Å². The Balaban J connectivity index is 2.01. The fourth-order valence-electron chi connectivity index (χ4n) is 1.55. The Morgan fingerprint density at radius 2 is 1.95 bits per heavy atom. The predicted molar refractivity (Wildman–Crippen MR) is 79.3 cm³/mol. The number of benzene rings is 1. The monoisotopic (exact) mass is 312 g/mol. The minimum Gasteiger partial charge on any atom is -0.492 e. The molecule has 2 rings (SSSR count). The molecule has 0 atom stereocenters. The summed E-state index contributed by atoms with van der Waals surface area (Å²) in [7, 11) is -3.50. The Labute approximate surface area is 122 Å². The summed E-state index contributed by atoms with van der Waals surface area (Å²) < 4.78 is 32.0. The second-order valence-corrected chi connectivity index (χ2v) is 6.81. The van der Waals surface area contributed by atoms with Crippen LogP contribution in [0.1, 0.15) is 4.88 Å². The van der Waals surface area contributed by atoms with Crippen molar-refractivity contribution in [3.63, 3.8) is 0 Å². The van der Waals surface area contributed by atoms with E-state index in [1.165, 1.54) is 23.5 Å². The normalized spacial score (nSPS) is 11.4. The summed E-state index contributed by atoms with van der Waals surface area (Å²) in [6, 6.07) is 10.0. The zero-order valence-electron chi connectivity index (χ0n) is 10.8. The van der Waals surface area contributed by atoms with Gasteiger partial charge in [0.05, 0.1) is 4.90 Å². The van der Waals surface area contributed by atoms with Crippen molar-refractivity contribution in [2.75, 3.05) is 13.2 Å². The molecule has 3 N–H and O–H groups in total. The lowest BCUT2D eigenvalue weighted by molar-refractivity contribution is 0.328. The third kappa shape index (κ3) is 4.04. The molecular weight excluding hydrogens is 296 g/mol. The lowest BCUT2D eigenvalue weighted by Gasteiger charge is -2.07. The van der Waals surface area contributed by atoms with Gasteiger partial charge in [0.1, 0.15) is 12.4 Å². The third-order valence-electron chi connectivity index (χ3n) is 2.54. The Kier molecular flexibility index (Phi) is 5.13. The van der Waals surface area contributed by atoms with Gasteiger partial charge >= 0.3 is 0 Å². The van der Waals surface area contributed by atoms with E-state index < -0.39 is 10.0 Å². The molecule has 0 saturated heterocycles. The van der Waals surface area contributed by atoms with E-state index >= 15 is 0 Å². The van der Waals surface area contributed by atoms with Crippen molar-refractivity contribution < 1.29 is 13.2 Å². The zero-order valence-corrected chi connectivity index (χ0v) is 12.4. The van der Waals surface area contributed by atoms with Crippen molar-refractivity contribution in [2.45, 2.75) is 11.4 Å². The van der Waals surface area contributed by atoms with Gasteiger partial charge in [0, 0.05) is 18.0 Å². The number of nitrogens with one attached hydrogen (secondary N) is 1. The molecule has 1 heterocycles. The SMILES string of the molecule is NCCOc1ccc(S(=O)(=O)NCc2cccs2)cc1. The van der Waals surface area contributed by atoms with Crippen molar-refractivity contribution >= 4 is 21.4 Å². The Morgan fingerprint density at radius 3 is 2.55 bits per heavy atom. The predicted octanol–water partition coefficient (Wildman–Crippen LogP) is 1.56. The lowest BCUT2D eigenvalue weighted by atomic mass is 10.3. The van der Waals surface area contributed by atoms with Crippen molar-refractivity contribution in [3.8, 4) is 5.75 Å². The van der Waals surface area contributed by atoms with Gasteiger partial charge in [-0.15, -0.1) is 11.3 Å². The van der Waals surface area contributed by atoms with Gasteiger partial charge in [0.25, 0.3) is 0 Å². The van der Waals surface area contributed by atoms with Crippen LogP contribution in [0.5, 0.6) is 5.75 Å². The fraction of sp³-hybridized carbons (Fsp3) is 0.231. The molecule has 0 bridgehead atoms. The third-order valence-corrected chi connectivity index (χ3v) is 4.83. The number of ether oxygens (including phenoxy) is 1. The van der Waals surface area contributed by atoms with Crippen molar-refractivity contribution in [1.29, 1.82) is 0 Å². The molecule has 0 saturated carbocycles. The van der Waals surface area contributed by atoms with Crippen LogP contribution in [-0.2, 0) is 16.6 Å². The van der Waals surface area contributed by atoms with E-state index in [9.17, 15) is 8.42 Å². The minimum absolute atomic E-state index is 0.217. The second-order valence-electron chi connectivity index (χ2n) is 4.01. The molecule has 0 aliphatic carbocycles. The average molecular weight is 312 g/mol. The maximum absolute atomic E-state index is 12.1. The summed E-state index contributed by atoms with van der Waals surface area (Å²) in [6.07, 6.45) is 0. The number of rotatable bonds is 7. The molecule has 20 heavy (non-hydrogen) atoms. The Bertz CT molecular complexity index is 622. The molecular formula is C13H16N2O3S2. The summed E-state index contributed by atoms with van der Waals surface area (Å²) in [4.78, 5) is 1.19. The minimum atomic E-state index is -3.50. The van der Waals surface area contributed by atoms with Gasteiger partial charge in [0.15, 0.2) is 0 Å². The topological polar surface area (TPSA) is 81.4 Å². The molecule has 0 aliphatic rings. The first-order valence-electron chi connectivity index (χ1n) is 6.07. The van der Waals surface area contributed by atoms with Crippen LogP contribution >= 0.6 is 11.3 Å².